The number of rotatable bonds is 5. The Kier molecular flexibility index (Phi) is 5.40. The molecule has 1 heterocycles. The number of aromatic nitrogens is 1. The first-order valence-corrected chi connectivity index (χ1v) is 7.01. The van der Waals surface area contributed by atoms with Crippen LogP contribution in [-0.2, 0) is 0 Å². The van der Waals surface area contributed by atoms with Gasteiger partial charge in [-0.05, 0) is 19.1 Å². The molecule has 0 aliphatic carbocycles. The van der Waals surface area contributed by atoms with Gasteiger partial charge in [0.25, 0.3) is 5.91 Å². The van der Waals surface area contributed by atoms with Gasteiger partial charge in [-0.1, -0.05) is 24.3 Å². The summed E-state index contributed by atoms with van der Waals surface area (Å²) in [5.74, 6) is -0.927. The van der Waals surface area contributed by atoms with Crippen LogP contribution in [0.3, 0.4) is 0 Å². The summed E-state index contributed by atoms with van der Waals surface area (Å²) in [4.78, 5) is 16.0. The van der Waals surface area contributed by atoms with Gasteiger partial charge in [-0.2, -0.15) is 13.2 Å². The number of hydrogen-bond acceptors (Lipinski definition) is 4. The molecule has 0 saturated carbocycles. The van der Waals surface area contributed by atoms with Crippen LogP contribution >= 0.6 is 0 Å². The van der Waals surface area contributed by atoms with Gasteiger partial charge in [-0.25, -0.2) is 4.98 Å². The fourth-order valence-corrected chi connectivity index (χ4v) is 1.94. The lowest BCUT2D eigenvalue weighted by molar-refractivity contribution is -0.154. The molecule has 24 heavy (non-hydrogen) atoms. The number of para-hydroxylation sites is 1. The van der Waals surface area contributed by atoms with E-state index >= 15 is 0 Å². The Labute approximate surface area is 136 Å². The molecule has 0 saturated heterocycles. The summed E-state index contributed by atoms with van der Waals surface area (Å²) in [7, 11) is 0. The molecular formula is C16H15F3N2O3. The summed E-state index contributed by atoms with van der Waals surface area (Å²) in [6.07, 6.45) is -5.29. The predicted molar refractivity (Wildman–Crippen MR) is 80.8 cm³/mol. The molecule has 2 aromatic rings. The maximum Gasteiger partial charge on any atom is 0.422 e. The van der Waals surface area contributed by atoms with Crippen LogP contribution in [0.25, 0.3) is 0 Å². The second-order valence-electron chi connectivity index (χ2n) is 4.98. The van der Waals surface area contributed by atoms with Crippen molar-refractivity contribution in [3.63, 3.8) is 0 Å². The number of aliphatic hydroxyl groups is 1. The normalized spacial score (nSPS) is 12.5. The average molecular weight is 340 g/mol. The van der Waals surface area contributed by atoms with Crippen molar-refractivity contribution in [1.82, 2.24) is 4.98 Å². The monoisotopic (exact) mass is 340 g/mol. The molecule has 1 atom stereocenters. The fourth-order valence-electron chi connectivity index (χ4n) is 1.94. The van der Waals surface area contributed by atoms with Crippen LogP contribution in [0.4, 0.5) is 18.9 Å². The van der Waals surface area contributed by atoms with Crippen molar-refractivity contribution < 1.29 is 27.8 Å². The summed E-state index contributed by atoms with van der Waals surface area (Å²) in [6.45, 7) is 0.0603. The van der Waals surface area contributed by atoms with Crippen molar-refractivity contribution in [3.8, 4) is 5.88 Å². The Balaban J connectivity index is 2.13. The largest absolute Gasteiger partial charge is 0.468 e. The highest BCUT2D eigenvalue weighted by Crippen LogP contribution is 2.23. The smallest absolute Gasteiger partial charge is 0.422 e. The van der Waals surface area contributed by atoms with E-state index in [1.54, 1.807) is 31.2 Å². The van der Waals surface area contributed by atoms with E-state index in [9.17, 15) is 23.1 Å². The quantitative estimate of drug-likeness (QED) is 0.876. The van der Waals surface area contributed by atoms with Crippen LogP contribution in [0, 0.1) is 0 Å². The highest BCUT2D eigenvalue weighted by atomic mass is 19.4. The maximum absolute atomic E-state index is 12.2. The third kappa shape index (κ3) is 4.95. The van der Waals surface area contributed by atoms with Gasteiger partial charge in [0.15, 0.2) is 6.61 Å². The molecule has 0 radical (unpaired) electrons. The number of hydrogen-bond donors (Lipinski definition) is 2. The van der Waals surface area contributed by atoms with Crippen LogP contribution in [-0.4, -0.2) is 28.8 Å². The van der Waals surface area contributed by atoms with Gasteiger partial charge in [0.2, 0.25) is 5.88 Å². The molecular weight excluding hydrogens is 325 g/mol. The number of halogens is 3. The zero-order chi connectivity index (χ0) is 17.7. The van der Waals surface area contributed by atoms with Gasteiger partial charge in [-0.3, -0.25) is 4.79 Å². The molecule has 1 aromatic heterocycles. The Morgan fingerprint density at radius 2 is 1.96 bits per heavy atom. The number of benzene rings is 1. The summed E-state index contributed by atoms with van der Waals surface area (Å²) < 4.78 is 41.0. The number of aliphatic hydroxyl groups excluding tert-OH is 1. The van der Waals surface area contributed by atoms with Gasteiger partial charge >= 0.3 is 6.18 Å². The minimum Gasteiger partial charge on any atom is -0.468 e. The first kappa shape index (κ1) is 17.7. The molecule has 0 spiro atoms. The zero-order valence-corrected chi connectivity index (χ0v) is 12.7. The van der Waals surface area contributed by atoms with Crippen molar-refractivity contribution >= 4 is 11.6 Å². The second-order valence-corrected chi connectivity index (χ2v) is 4.98. The predicted octanol–water partition coefficient (Wildman–Crippen LogP) is 3.33. The van der Waals surface area contributed by atoms with E-state index in [0.29, 0.717) is 11.3 Å². The fraction of sp³-hybridized carbons (Fsp3) is 0.250. The van der Waals surface area contributed by atoms with Crippen molar-refractivity contribution in [2.24, 2.45) is 0 Å². The van der Waals surface area contributed by atoms with Gasteiger partial charge in [0.05, 0.1) is 6.10 Å². The van der Waals surface area contributed by atoms with Gasteiger partial charge < -0.3 is 15.2 Å². The van der Waals surface area contributed by atoms with Crippen LogP contribution in [0.1, 0.15) is 29.1 Å². The molecule has 5 nitrogen and oxygen atoms in total. The molecule has 1 amide bonds. The number of amides is 1. The molecule has 0 aliphatic heterocycles. The first-order valence-electron chi connectivity index (χ1n) is 7.01. The van der Waals surface area contributed by atoms with Crippen LogP contribution in [0.15, 0.2) is 42.5 Å². The standard InChI is InChI=1S/C16H15F3N2O3/c1-10(22)11-5-2-3-6-12(11)21-15(23)13-7-4-8-14(20-13)24-9-16(17,18)19/h2-8,10,22H,9H2,1H3,(H,21,23). The molecule has 2 rings (SSSR count). The van der Waals surface area contributed by atoms with E-state index in [1.807, 2.05) is 0 Å². The molecule has 128 valence electrons. The molecule has 2 N–H and O–H groups in total. The number of nitrogens with zero attached hydrogens (tertiary/aromatic N) is 1. The summed E-state index contributed by atoms with van der Waals surface area (Å²) >= 11 is 0. The number of pyridine rings is 1. The molecule has 1 unspecified atom stereocenters. The lowest BCUT2D eigenvalue weighted by Crippen LogP contribution is -2.20. The number of carbonyl (C=O) groups is 1. The van der Waals surface area contributed by atoms with Gasteiger partial charge in [0, 0.05) is 17.3 Å². The van der Waals surface area contributed by atoms with E-state index in [-0.39, 0.29) is 11.6 Å². The van der Waals surface area contributed by atoms with E-state index in [2.05, 4.69) is 15.0 Å². The zero-order valence-electron chi connectivity index (χ0n) is 12.7. The Morgan fingerprint density at radius 3 is 2.62 bits per heavy atom. The third-order valence-electron chi connectivity index (χ3n) is 3.00. The van der Waals surface area contributed by atoms with E-state index < -0.39 is 24.8 Å². The highest BCUT2D eigenvalue weighted by molar-refractivity contribution is 6.03. The number of ether oxygens (including phenoxy) is 1. The Bertz CT molecular complexity index is 718. The maximum atomic E-state index is 12.2. The van der Waals surface area contributed by atoms with E-state index in [1.165, 1.54) is 18.2 Å². The number of alkyl halides is 3. The van der Waals surface area contributed by atoms with Crippen molar-refractivity contribution in [2.75, 3.05) is 11.9 Å². The molecule has 8 heteroatoms. The number of anilines is 1. The van der Waals surface area contributed by atoms with Gasteiger partial charge in [0.1, 0.15) is 5.69 Å². The molecule has 0 bridgehead atoms. The number of nitrogens with one attached hydrogen (secondary N) is 1. The third-order valence-corrected chi connectivity index (χ3v) is 3.00. The summed E-state index contributed by atoms with van der Waals surface area (Å²) in [6, 6.07) is 10.6. The van der Waals surface area contributed by atoms with E-state index in [4.69, 9.17) is 0 Å². The van der Waals surface area contributed by atoms with Gasteiger partial charge in [-0.15, -0.1) is 0 Å². The minimum atomic E-state index is -4.49. The van der Waals surface area contributed by atoms with Crippen molar-refractivity contribution in [2.45, 2.75) is 19.2 Å². The van der Waals surface area contributed by atoms with Crippen LogP contribution in [0.2, 0.25) is 0 Å². The molecule has 0 aliphatic rings. The SMILES string of the molecule is CC(O)c1ccccc1NC(=O)c1cccc(OCC(F)(F)F)n1. The topological polar surface area (TPSA) is 71.5 Å². The van der Waals surface area contributed by atoms with Crippen molar-refractivity contribution in [1.29, 1.82) is 0 Å². The summed E-state index contributed by atoms with van der Waals surface area (Å²) in [5.41, 5.74) is 0.798. The number of carbonyl (C=O) groups excluding carboxylic acids is 1. The summed E-state index contributed by atoms with van der Waals surface area (Å²) in [5, 5.41) is 12.3. The van der Waals surface area contributed by atoms with Crippen LogP contribution < -0.4 is 10.1 Å². The molecule has 1 aromatic carbocycles. The average Bonchev–Trinajstić information content (AvgIpc) is 2.53. The Morgan fingerprint density at radius 1 is 1.25 bits per heavy atom. The van der Waals surface area contributed by atoms with E-state index in [0.717, 1.165) is 0 Å². The Hall–Kier alpha value is -2.61. The lowest BCUT2D eigenvalue weighted by atomic mass is 10.1. The minimum absolute atomic E-state index is 0.102. The van der Waals surface area contributed by atoms with Crippen LogP contribution in [0.5, 0.6) is 5.88 Å². The highest BCUT2D eigenvalue weighted by Gasteiger charge is 2.28. The lowest BCUT2D eigenvalue weighted by Gasteiger charge is -2.13. The second kappa shape index (κ2) is 7.31. The molecule has 0 fully saturated rings. The first-order chi connectivity index (χ1) is 11.3. The van der Waals surface area contributed by atoms with Crippen molar-refractivity contribution in [3.05, 3.63) is 53.7 Å².